The van der Waals surface area contributed by atoms with Gasteiger partial charge in [-0.25, -0.2) is 0 Å². The van der Waals surface area contributed by atoms with Gasteiger partial charge in [-0.05, 0) is 37.3 Å². The molecule has 1 amide bonds. The first kappa shape index (κ1) is 16.6. The fraction of sp³-hybridized carbons (Fsp3) is 0.533. The maximum atomic E-state index is 12.1. The van der Waals surface area contributed by atoms with Crippen LogP contribution in [0.1, 0.15) is 40.9 Å². The van der Waals surface area contributed by atoms with Crippen LogP contribution in [0.4, 0.5) is 0 Å². The second-order valence-electron chi connectivity index (χ2n) is 5.28. The number of amides is 1. The second-order valence-corrected chi connectivity index (χ2v) is 6.38. The van der Waals surface area contributed by atoms with Gasteiger partial charge in [0.2, 0.25) is 0 Å². The molecule has 0 aliphatic heterocycles. The number of carbonyl (C=O) groups is 2. The number of fused-ring (bicyclic) bond motifs is 1. The van der Waals surface area contributed by atoms with Crippen LogP contribution >= 0.6 is 11.8 Å². The Morgan fingerprint density at radius 3 is 2.82 bits per heavy atom. The molecule has 0 saturated carbocycles. The number of carboxylic acids is 1. The van der Waals surface area contributed by atoms with Gasteiger partial charge in [-0.1, -0.05) is 6.42 Å². The van der Waals surface area contributed by atoms with Gasteiger partial charge in [0.15, 0.2) is 0 Å². The first-order chi connectivity index (χ1) is 10.6. The van der Waals surface area contributed by atoms with Crippen LogP contribution in [0, 0.1) is 0 Å². The van der Waals surface area contributed by atoms with Crippen molar-refractivity contribution in [1.29, 1.82) is 0 Å². The zero-order chi connectivity index (χ0) is 15.9. The van der Waals surface area contributed by atoms with E-state index < -0.39 is 11.9 Å². The first-order valence-corrected chi connectivity index (χ1v) is 8.56. The molecule has 0 atom stereocenters. The van der Waals surface area contributed by atoms with E-state index in [4.69, 9.17) is 5.11 Å². The van der Waals surface area contributed by atoms with E-state index in [0.29, 0.717) is 12.3 Å². The van der Waals surface area contributed by atoms with E-state index in [2.05, 4.69) is 10.3 Å². The highest BCUT2D eigenvalue weighted by atomic mass is 32.2. The summed E-state index contributed by atoms with van der Waals surface area (Å²) in [5.41, 5.74) is 1.80. The van der Waals surface area contributed by atoms with Gasteiger partial charge in [-0.15, -0.1) is 11.8 Å². The minimum Gasteiger partial charge on any atom is -0.481 e. The average Bonchev–Trinajstić information content (AvgIpc) is 2.70. The third kappa shape index (κ3) is 4.62. The topological polar surface area (TPSA) is 99.3 Å². The summed E-state index contributed by atoms with van der Waals surface area (Å²) in [5.74, 6) is -0.765. The van der Waals surface area contributed by atoms with Gasteiger partial charge < -0.3 is 15.4 Å². The summed E-state index contributed by atoms with van der Waals surface area (Å²) >= 11 is 1.23. The number of hydrogen-bond acceptors (Lipinski definition) is 4. The molecular weight excluding hydrogens is 304 g/mol. The smallest absolute Gasteiger partial charge is 0.313 e. The molecule has 1 aliphatic carbocycles. The Hall–Kier alpha value is -1.76. The minimum atomic E-state index is -0.876. The number of carboxylic acid groups (broad SMARTS) is 1. The van der Waals surface area contributed by atoms with Gasteiger partial charge in [0.05, 0.1) is 5.75 Å². The molecule has 0 radical (unpaired) electrons. The van der Waals surface area contributed by atoms with E-state index in [9.17, 15) is 14.4 Å². The SMILES string of the molecule is O=C(O)CSCCNC(=O)c1cc2c([nH]c1=O)CCCCC2. The van der Waals surface area contributed by atoms with Crippen molar-refractivity contribution >= 4 is 23.6 Å². The van der Waals surface area contributed by atoms with E-state index in [1.54, 1.807) is 6.07 Å². The number of H-pyrrole nitrogens is 1. The maximum Gasteiger partial charge on any atom is 0.313 e. The number of aromatic nitrogens is 1. The lowest BCUT2D eigenvalue weighted by atomic mass is 10.1. The normalized spacial score (nSPS) is 14.0. The Labute approximate surface area is 132 Å². The summed E-state index contributed by atoms with van der Waals surface area (Å²) in [6.07, 6.45) is 5.03. The van der Waals surface area contributed by atoms with Gasteiger partial charge in [0, 0.05) is 18.0 Å². The van der Waals surface area contributed by atoms with Crippen molar-refractivity contribution in [3.05, 3.63) is 33.2 Å². The zero-order valence-corrected chi connectivity index (χ0v) is 13.1. The molecule has 0 fully saturated rings. The van der Waals surface area contributed by atoms with Crippen molar-refractivity contribution in [2.75, 3.05) is 18.1 Å². The molecule has 120 valence electrons. The van der Waals surface area contributed by atoms with Gasteiger partial charge in [0.1, 0.15) is 5.56 Å². The van der Waals surface area contributed by atoms with Crippen molar-refractivity contribution < 1.29 is 14.7 Å². The molecule has 1 aliphatic rings. The number of thioether (sulfide) groups is 1. The van der Waals surface area contributed by atoms with Gasteiger partial charge >= 0.3 is 5.97 Å². The zero-order valence-electron chi connectivity index (χ0n) is 12.3. The highest BCUT2D eigenvalue weighted by Gasteiger charge is 2.16. The molecule has 3 N–H and O–H groups in total. The molecule has 0 saturated heterocycles. The molecule has 0 bridgehead atoms. The van der Waals surface area contributed by atoms with Gasteiger partial charge in [-0.3, -0.25) is 14.4 Å². The molecule has 2 rings (SSSR count). The van der Waals surface area contributed by atoms with Crippen molar-refractivity contribution in [1.82, 2.24) is 10.3 Å². The summed E-state index contributed by atoms with van der Waals surface area (Å²) in [6, 6.07) is 1.71. The first-order valence-electron chi connectivity index (χ1n) is 7.40. The van der Waals surface area contributed by atoms with E-state index in [-0.39, 0.29) is 16.9 Å². The fourth-order valence-electron chi connectivity index (χ4n) is 2.51. The number of aromatic amines is 1. The summed E-state index contributed by atoms with van der Waals surface area (Å²) in [5, 5.41) is 11.2. The van der Waals surface area contributed by atoms with Crippen molar-refractivity contribution in [2.45, 2.75) is 32.1 Å². The van der Waals surface area contributed by atoms with Crippen molar-refractivity contribution in [3.63, 3.8) is 0 Å². The number of aryl methyl sites for hydroxylation is 2. The van der Waals surface area contributed by atoms with Crippen LogP contribution < -0.4 is 10.9 Å². The third-order valence-electron chi connectivity index (χ3n) is 3.59. The molecule has 7 heteroatoms. The van der Waals surface area contributed by atoms with Gasteiger partial charge in [-0.2, -0.15) is 0 Å². The molecular formula is C15H20N2O4S. The number of pyridine rings is 1. The Morgan fingerprint density at radius 1 is 1.27 bits per heavy atom. The predicted octanol–water partition coefficient (Wildman–Crippen LogP) is 1.19. The van der Waals surface area contributed by atoms with Crippen LogP contribution in [-0.4, -0.2) is 40.0 Å². The molecule has 0 unspecified atom stereocenters. The highest BCUT2D eigenvalue weighted by molar-refractivity contribution is 7.99. The average molecular weight is 324 g/mol. The van der Waals surface area contributed by atoms with Crippen LogP contribution in [-0.2, 0) is 17.6 Å². The van der Waals surface area contributed by atoms with E-state index in [1.165, 1.54) is 11.8 Å². The minimum absolute atomic E-state index is 0.00923. The number of nitrogens with one attached hydrogen (secondary N) is 2. The van der Waals surface area contributed by atoms with E-state index in [1.807, 2.05) is 0 Å². The second kappa shape index (κ2) is 8.03. The summed E-state index contributed by atoms with van der Waals surface area (Å²) in [4.78, 5) is 37.3. The van der Waals surface area contributed by atoms with Crippen molar-refractivity contribution in [2.24, 2.45) is 0 Å². The molecule has 22 heavy (non-hydrogen) atoms. The molecule has 6 nitrogen and oxygen atoms in total. The lowest BCUT2D eigenvalue weighted by molar-refractivity contribution is -0.133. The lowest BCUT2D eigenvalue weighted by Crippen LogP contribution is -2.32. The Morgan fingerprint density at radius 2 is 2.05 bits per heavy atom. The summed E-state index contributed by atoms with van der Waals surface area (Å²) in [6.45, 7) is 0.341. The molecule has 1 heterocycles. The number of carbonyl (C=O) groups excluding carboxylic acids is 1. The van der Waals surface area contributed by atoms with Crippen LogP contribution in [0.15, 0.2) is 10.9 Å². The quantitative estimate of drug-likeness (QED) is 0.539. The molecule has 0 aromatic carbocycles. The van der Waals surface area contributed by atoms with Crippen LogP contribution in [0.3, 0.4) is 0 Å². The standard InChI is InChI=1S/C15H20N2O4S/c18-13(19)9-22-7-6-16-14(20)11-8-10-4-2-1-3-5-12(10)17-15(11)21/h8H,1-7,9H2,(H,16,20)(H,17,21)(H,18,19). The van der Waals surface area contributed by atoms with Crippen molar-refractivity contribution in [3.8, 4) is 0 Å². The number of aliphatic carboxylic acids is 1. The molecule has 0 spiro atoms. The molecule has 1 aromatic rings. The lowest BCUT2D eigenvalue weighted by Gasteiger charge is -2.09. The van der Waals surface area contributed by atoms with Crippen LogP contribution in [0.25, 0.3) is 0 Å². The monoisotopic (exact) mass is 324 g/mol. The van der Waals surface area contributed by atoms with E-state index >= 15 is 0 Å². The predicted molar refractivity (Wildman–Crippen MR) is 85.6 cm³/mol. The number of rotatable bonds is 6. The molecule has 1 aromatic heterocycles. The largest absolute Gasteiger partial charge is 0.481 e. The maximum absolute atomic E-state index is 12.1. The van der Waals surface area contributed by atoms with Gasteiger partial charge in [0.25, 0.3) is 11.5 Å². The van der Waals surface area contributed by atoms with E-state index in [0.717, 1.165) is 43.4 Å². The number of hydrogen-bond donors (Lipinski definition) is 3. The fourth-order valence-corrected chi connectivity index (χ4v) is 3.08. The third-order valence-corrected chi connectivity index (χ3v) is 4.53. The Balaban J connectivity index is 1.96. The summed E-state index contributed by atoms with van der Waals surface area (Å²) < 4.78 is 0. The Bertz CT molecular complexity index is 612. The highest BCUT2D eigenvalue weighted by Crippen LogP contribution is 2.18. The Kier molecular flexibility index (Phi) is 6.06. The van der Waals surface area contributed by atoms with Crippen LogP contribution in [0.2, 0.25) is 0 Å². The summed E-state index contributed by atoms with van der Waals surface area (Å²) in [7, 11) is 0. The van der Waals surface area contributed by atoms with Crippen LogP contribution in [0.5, 0.6) is 0 Å².